The van der Waals surface area contributed by atoms with Crippen LogP contribution in [0.15, 0.2) is 36.4 Å². The first-order valence-electron chi connectivity index (χ1n) is 6.11. The van der Waals surface area contributed by atoms with Crippen molar-refractivity contribution in [1.29, 1.82) is 0 Å². The third-order valence-electron chi connectivity index (χ3n) is 3.34. The van der Waals surface area contributed by atoms with E-state index in [0.29, 0.717) is 5.56 Å². The Morgan fingerprint density at radius 1 is 1.00 bits per heavy atom. The molecule has 1 atom stereocenters. The SMILES string of the molecule is COc1ccc(C(O)c2ccc(C)c(C)c2)cc1F. The van der Waals surface area contributed by atoms with Gasteiger partial charge in [-0.3, -0.25) is 0 Å². The summed E-state index contributed by atoms with van der Waals surface area (Å²) < 4.78 is 18.5. The zero-order chi connectivity index (χ0) is 14.0. The summed E-state index contributed by atoms with van der Waals surface area (Å²) in [5.41, 5.74) is 3.54. The molecular formula is C16H17FO2. The molecule has 100 valence electrons. The molecule has 2 aromatic rings. The first kappa shape index (κ1) is 13.6. The van der Waals surface area contributed by atoms with Gasteiger partial charge in [0.1, 0.15) is 6.10 Å². The Labute approximate surface area is 112 Å². The molecule has 0 amide bonds. The number of hydrogen-bond donors (Lipinski definition) is 1. The number of hydrogen-bond acceptors (Lipinski definition) is 2. The summed E-state index contributed by atoms with van der Waals surface area (Å²) in [5, 5.41) is 10.3. The van der Waals surface area contributed by atoms with Crippen molar-refractivity contribution in [2.24, 2.45) is 0 Å². The molecule has 19 heavy (non-hydrogen) atoms. The third kappa shape index (κ3) is 2.76. The van der Waals surface area contributed by atoms with Crippen LogP contribution in [0.5, 0.6) is 5.75 Å². The fraction of sp³-hybridized carbons (Fsp3) is 0.250. The lowest BCUT2D eigenvalue weighted by Crippen LogP contribution is -2.01. The zero-order valence-corrected chi connectivity index (χ0v) is 11.3. The van der Waals surface area contributed by atoms with E-state index in [1.807, 2.05) is 32.0 Å². The van der Waals surface area contributed by atoms with Crippen LogP contribution < -0.4 is 4.74 Å². The first-order chi connectivity index (χ1) is 9.02. The number of aliphatic hydroxyl groups is 1. The number of methoxy groups -OCH3 is 1. The quantitative estimate of drug-likeness (QED) is 0.914. The highest BCUT2D eigenvalue weighted by Crippen LogP contribution is 2.27. The Balaban J connectivity index is 2.35. The number of ether oxygens (including phenoxy) is 1. The maximum atomic E-state index is 13.6. The van der Waals surface area contributed by atoms with Crippen molar-refractivity contribution < 1.29 is 14.2 Å². The molecule has 2 aromatic carbocycles. The molecule has 1 unspecified atom stereocenters. The fourth-order valence-electron chi connectivity index (χ4n) is 1.98. The molecule has 0 spiro atoms. The highest BCUT2D eigenvalue weighted by Gasteiger charge is 2.13. The molecule has 2 rings (SSSR count). The van der Waals surface area contributed by atoms with E-state index in [1.165, 1.54) is 19.2 Å². The average Bonchev–Trinajstić information content (AvgIpc) is 2.41. The summed E-state index contributed by atoms with van der Waals surface area (Å²) in [6, 6.07) is 10.2. The van der Waals surface area contributed by atoms with Crippen molar-refractivity contribution in [2.45, 2.75) is 20.0 Å². The van der Waals surface area contributed by atoms with Crippen LogP contribution in [0.2, 0.25) is 0 Å². The van der Waals surface area contributed by atoms with Gasteiger partial charge in [-0.25, -0.2) is 4.39 Å². The van der Waals surface area contributed by atoms with Gasteiger partial charge in [0.2, 0.25) is 0 Å². The fourth-order valence-corrected chi connectivity index (χ4v) is 1.98. The van der Waals surface area contributed by atoms with E-state index < -0.39 is 11.9 Å². The lowest BCUT2D eigenvalue weighted by atomic mass is 9.98. The minimum atomic E-state index is -0.834. The molecular weight excluding hydrogens is 243 g/mol. The van der Waals surface area contributed by atoms with E-state index >= 15 is 0 Å². The summed E-state index contributed by atoms with van der Waals surface area (Å²) in [6.45, 7) is 4.00. The summed E-state index contributed by atoms with van der Waals surface area (Å²) in [7, 11) is 1.41. The Morgan fingerprint density at radius 2 is 1.63 bits per heavy atom. The third-order valence-corrected chi connectivity index (χ3v) is 3.34. The Kier molecular flexibility index (Phi) is 3.86. The Bertz CT molecular complexity index is 593. The van der Waals surface area contributed by atoms with Gasteiger partial charge in [0.05, 0.1) is 7.11 Å². The zero-order valence-electron chi connectivity index (χ0n) is 11.3. The van der Waals surface area contributed by atoms with Gasteiger partial charge < -0.3 is 9.84 Å². The van der Waals surface area contributed by atoms with E-state index in [0.717, 1.165) is 16.7 Å². The summed E-state index contributed by atoms with van der Waals surface area (Å²) in [4.78, 5) is 0. The van der Waals surface area contributed by atoms with Gasteiger partial charge in [0.25, 0.3) is 0 Å². The Morgan fingerprint density at radius 3 is 2.21 bits per heavy atom. The van der Waals surface area contributed by atoms with Crippen molar-refractivity contribution in [1.82, 2.24) is 0 Å². The second kappa shape index (κ2) is 5.41. The normalized spacial score (nSPS) is 12.3. The van der Waals surface area contributed by atoms with E-state index in [4.69, 9.17) is 4.74 Å². The molecule has 2 nitrogen and oxygen atoms in total. The van der Waals surface area contributed by atoms with Gasteiger partial charge in [-0.2, -0.15) is 0 Å². The highest BCUT2D eigenvalue weighted by atomic mass is 19.1. The minimum absolute atomic E-state index is 0.177. The van der Waals surface area contributed by atoms with Crippen LogP contribution in [-0.2, 0) is 0 Å². The first-order valence-corrected chi connectivity index (χ1v) is 6.11. The van der Waals surface area contributed by atoms with Crippen LogP contribution >= 0.6 is 0 Å². The van der Waals surface area contributed by atoms with E-state index in [9.17, 15) is 9.50 Å². The number of benzene rings is 2. The second-order valence-corrected chi connectivity index (χ2v) is 4.64. The van der Waals surface area contributed by atoms with Crippen LogP contribution in [0.25, 0.3) is 0 Å². The predicted molar refractivity (Wildman–Crippen MR) is 72.9 cm³/mol. The monoisotopic (exact) mass is 260 g/mol. The minimum Gasteiger partial charge on any atom is -0.494 e. The summed E-state index contributed by atoms with van der Waals surface area (Å²) >= 11 is 0. The lowest BCUT2D eigenvalue weighted by Gasteiger charge is -2.14. The molecule has 0 bridgehead atoms. The molecule has 0 aliphatic carbocycles. The molecule has 1 N–H and O–H groups in total. The molecule has 0 aromatic heterocycles. The number of rotatable bonds is 3. The molecule has 0 heterocycles. The number of aryl methyl sites for hydroxylation is 2. The van der Waals surface area contributed by atoms with E-state index in [2.05, 4.69) is 0 Å². The Hall–Kier alpha value is -1.87. The van der Waals surface area contributed by atoms with Crippen molar-refractivity contribution in [2.75, 3.05) is 7.11 Å². The van der Waals surface area contributed by atoms with E-state index in [1.54, 1.807) is 6.07 Å². The van der Waals surface area contributed by atoms with Gasteiger partial charge in [-0.15, -0.1) is 0 Å². The lowest BCUT2D eigenvalue weighted by molar-refractivity contribution is 0.219. The van der Waals surface area contributed by atoms with Crippen LogP contribution in [0.3, 0.4) is 0 Å². The standard InChI is InChI=1S/C16H17FO2/c1-10-4-5-12(8-11(10)2)16(18)13-6-7-15(19-3)14(17)9-13/h4-9,16,18H,1-3H3. The molecule has 0 saturated carbocycles. The maximum Gasteiger partial charge on any atom is 0.165 e. The van der Waals surface area contributed by atoms with Crippen LogP contribution in [0.4, 0.5) is 4.39 Å². The van der Waals surface area contributed by atoms with Gasteiger partial charge in [0, 0.05) is 0 Å². The van der Waals surface area contributed by atoms with Crippen LogP contribution in [-0.4, -0.2) is 12.2 Å². The van der Waals surface area contributed by atoms with Crippen LogP contribution in [0, 0.1) is 19.7 Å². The molecule has 0 aliphatic rings. The van der Waals surface area contributed by atoms with Gasteiger partial charge >= 0.3 is 0 Å². The van der Waals surface area contributed by atoms with Crippen molar-refractivity contribution in [3.05, 3.63) is 64.5 Å². The highest BCUT2D eigenvalue weighted by molar-refractivity contribution is 5.38. The van der Waals surface area contributed by atoms with Crippen LogP contribution in [0.1, 0.15) is 28.4 Å². The molecule has 0 aliphatic heterocycles. The molecule has 0 fully saturated rings. The average molecular weight is 260 g/mol. The summed E-state index contributed by atoms with van der Waals surface area (Å²) in [6.07, 6.45) is -0.834. The predicted octanol–water partition coefficient (Wildman–Crippen LogP) is 3.53. The van der Waals surface area contributed by atoms with Gasteiger partial charge in [-0.05, 0) is 48.2 Å². The summed E-state index contributed by atoms with van der Waals surface area (Å²) in [5.74, 6) is -0.293. The molecule has 3 heteroatoms. The maximum absolute atomic E-state index is 13.6. The van der Waals surface area contributed by atoms with Gasteiger partial charge in [0.15, 0.2) is 11.6 Å². The second-order valence-electron chi connectivity index (χ2n) is 4.64. The molecule has 0 saturated heterocycles. The van der Waals surface area contributed by atoms with Crippen molar-refractivity contribution in [3.8, 4) is 5.75 Å². The molecule has 0 radical (unpaired) electrons. The van der Waals surface area contributed by atoms with Gasteiger partial charge in [-0.1, -0.05) is 24.3 Å². The largest absolute Gasteiger partial charge is 0.494 e. The number of halogens is 1. The topological polar surface area (TPSA) is 29.5 Å². The van der Waals surface area contributed by atoms with Crippen molar-refractivity contribution >= 4 is 0 Å². The smallest absolute Gasteiger partial charge is 0.165 e. The van der Waals surface area contributed by atoms with E-state index in [-0.39, 0.29) is 5.75 Å². The number of aliphatic hydroxyl groups excluding tert-OH is 1. The van der Waals surface area contributed by atoms with Crippen molar-refractivity contribution in [3.63, 3.8) is 0 Å².